The molecular formula is C17H20ClNO. The third-order valence-corrected chi connectivity index (χ3v) is 3.83. The highest BCUT2D eigenvalue weighted by atomic mass is 35.5. The first-order valence-corrected chi connectivity index (χ1v) is 7.13. The van der Waals surface area contributed by atoms with Crippen molar-refractivity contribution >= 4 is 11.6 Å². The lowest BCUT2D eigenvalue weighted by Gasteiger charge is -2.14. The normalized spacial score (nSPS) is 12.2. The van der Waals surface area contributed by atoms with Crippen molar-refractivity contribution < 1.29 is 4.74 Å². The zero-order valence-electron chi connectivity index (χ0n) is 12.1. The molecule has 0 saturated heterocycles. The molecular weight excluding hydrogens is 270 g/mol. The molecule has 1 unspecified atom stereocenters. The summed E-state index contributed by atoms with van der Waals surface area (Å²) in [4.78, 5) is 0. The summed E-state index contributed by atoms with van der Waals surface area (Å²) in [5.74, 6) is 0.724. The molecule has 0 aliphatic heterocycles. The molecule has 0 amide bonds. The lowest BCUT2D eigenvalue weighted by Crippen LogP contribution is -2.12. The van der Waals surface area contributed by atoms with Crippen molar-refractivity contribution in [1.82, 2.24) is 5.32 Å². The van der Waals surface area contributed by atoms with E-state index in [-0.39, 0.29) is 6.04 Å². The van der Waals surface area contributed by atoms with Gasteiger partial charge in [0.25, 0.3) is 0 Å². The summed E-state index contributed by atoms with van der Waals surface area (Å²) in [5.41, 5.74) is 3.56. The van der Waals surface area contributed by atoms with Crippen LogP contribution in [0.1, 0.15) is 29.7 Å². The molecule has 0 aromatic heterocycles. The molecule has 0 radical (unpaired) electrons. The molecule has 0 saturated carbocycles. The first-order valence-electron chi connectivity index (χ1n) is 6.76. The van der Waals surface area contributed by atoms with Crippen molar-refractivity contribution in [2.24, 2.45) is 0 Å². The second kappa shape index (κ2) is 6.78. The first-order chi connectivity index (χ1) is 9.61. The summed E-state index contributed by atoms with van der Waals surface area (Å²) in [6.07, 6.45) is 0. The maximum absolute atomic E-state index is 6.28. The van der Waals surface area contributed by atoms with Gasteiger partial charge in [0.1, 0.15) is 12.4 Å². The van der Waals surface area contributed by atoms with E-state index in [1.165, 1.54) is 11.1 Å². The zero-order chi connectivity index (χ0) is 14.5. The van der Waals surface area contributed by atoms with Gasteiger partial charge in [0.05, 0.1) is 5.02 Å². The van der Waals surface area contributed by atoms with Crippen LogP contribution in [-0.2, 0) is 6.61 Å². The largest absolute Gasteiger partial charge is 0.487 e. The van der Waals surface area contributed by atoms with Gasteiger partial charge in [0, 0.05) is 6.04 Å². The molecule has 0 aliphatic rings. The van der Waals surface area contributed by atoms with E-state index in [2.05, 4.69) is 31.3 Å². The number of halogens is 1. The summed E-state index contributed by atoms with van der Waals surface area (Å²) < 4.78 is 5.82. The van der Waals surface area contributed by atoms with Crippen LogP contribution >= 0.6 is 11.6 Å². The zero-order valence-corrected chi connectivity index (χ0v) is 12.9. The Morgan fingerprint density at radius 2 is 1.95 bits per heavy atom. The van der Waals surface area contributed by atoms with E-state index in [9.17, 15) is 0 Å². The van der Waals surface area contributed by atoms with Gasteiger partial charge in [-0.2, -0.15) is 0 Å². The predicted octanol–water partition coefficient (Wildman–Crippen LogP) is 4.51. The van der Waals surface area contributed by atoms with Gasteiger partial charge in [-0.15, -0.1) is 0 Å². The summed E-state index contributed by atoms with van der Waals surface area (Å²) in [7, 11) is 1.93. The Hall–Kier alpha value is -1.51. The van der Waals surface area contributed by atoms with E-state index < -0.39 is 0 Å². The summed E-state index contributed by atoms with van der Waals surface area (Å²) in [5, 5.41) is 3.84. The molecule has 1 N–H and O–H groups in total. The number of nitrogens with one attached hydrogen (secondary N) is 1. The molecule has 2 nitrogen and oxygen atoms in total. The second-order valence-corrected chi connectivity index (χ2v) is 5.32. The van der Waals surface area contributed by atoms with E-state index >= 15 is 0 Å². The van der Waals surface area contributed by atoms with Crippen molar-refractivity contribution in [3.05, 3.63) is 64.2 Å². The molecule has 0 heterocycles. The molecule has 0 spiro atoms. The topological polar surface area (TPSA) is 21.3 Å². The highest BCUT2D eigenvalue weighted by molar-refractivity contribution is 6.32. The number of aryl methyl sites for hydroxylation is 1. The van der Waals surface area contributed by atoms with Crippen molar-refractivity contribution in [2.75, 3.05) is 7.05 Å². The van der Waals surface area contributed by atoms with E-state index in [1.807, 2.05) is 37.4 Å². The maximum Gasteiger partial charge on any atom is 0.138 e. The highest BCUT2D eigenvalue weighted by Crippen LogP contribution is 2.28. The van der Waals surface area contributed by atoms with Gasteiger partial charge in [-0.3, -0.25) is 0 Å². The van der Waals surface area contributed by atoms with Crippen LogP contribution in [0.5, 0.6) is 5.75 Å². The molecule has 0 bridgehead atoms. The first kappa shape index (κ1) is 14.9. The van der Waals surface area contributed by atoms with Gasteiger partial charge in [0.2, 0.25) is 0 Å². The Bertz CT molecular complexity index is 583. The summed E-state index contributed by atoms with van der Waals surface area (Å²) in [6, 6.07) is 14.4. The predicted molar refractivity (Wildman–Crippen MR) is 84.4 cm³/mol. The maximum atomic E-state index is 6.28. The van der Waals surface area contributed by atoms with Crippen LogP contribution in [0.4, 0.5) is 0 Å². The molecule has 3 heteroatoms. The van der Waals surface area contributed by atoms with E-state index in [0.717, 1.165) is 11.3 Å². The van der Waals surface area contributed by atoms with Crippen LogP contribution in [0.15, 0.2) is 42.5 Å². The van der Waals surface area contributed by atoms with Crippen molar-refractivity contribution in [3.8, 4) is 5.75 Å². The molecule has 2 rings (SSSR count). The van der Waals surface area contributed by atoms with Crippen LogP contribution in [0.2, 0.25) is 5.02 Å². The fourth-order valence-corrected chi connectivity index (χ4v) is 2.24. The van der Waals surface area contributed by atoms with Crippen LogP contribution in [0.25, 0.3) is 0 Å². The van der Waals surface area contributed by atoms with Crippen LogP contribution in [0, 0.1) is 6.92 Å². The molecule has 0 fully saturated rings. The quantitative estimate of drug-likeness (QED) is 0.874. The fourth-order valence-electron chi connectivity index (χ4n) is 2.00. The average molecular weight is 290 g/mol. The lowest BCUT2D eigenvalue weighted by atomic mass is 10.1. The molecule has 0 aliphatic carbocycles. The Balaban J connectivity index is 2.09. The minimum Gasteiger partial charge on any atom is -0.487 e. The SMILES string of the molecule is CNC(C)c1ccc(OCc2ccccc2C)c(Cl)c1. The van der Waals surface area contributed by atoms with E-state index in [1.54, 1.807) is 0 Å². The van der Waals surface area contributed by atoms with Gasteiger partial charge >= 0.3 is 0 Å². The molecule has 106 valence electrons. The molecule has 2 aromatic carbocycles. The molecule has 2 aromatic rings. The van der Waals surface area contributed by atoms with E-state index in [4.69, 9.17) is 16.3 Å². The van der Waals surface area contributed by atoms with Gasteiger partial charge < -0.3 is 10.1 Å². The Morgan fingerprint density at radius 1 is 1.20 bits per heavy atom. The molecule has 1 atom stereocenters. The summed E-state index contributed by atoms with van der Waals surface area (Å²) in [6.45, 7) is 4.71. The number of hydrogen-bond acceptors (Lipinski definition) is 2. The smallest absolute Gasteiger partial charge is 0.138 e. The van der Waals surface area contributed by atoms with Crippen molar-refractivity contribution in [2.45, 2.75) is 26.5 Å². The number of hydrogen-bond donors (Lipinski definition) is 1. The Kier molecular flexibility index (Phi) is 5.05. The third-order valence-electron chi connectivity index (χ3n) is 3.53. The number of ether oxygens (including phenoxy) is 1. The molecule has 20 heavy (non-hydrogen) atoms. The van der Waals surface area contributed by atoms with Gasteiger partial charge in [0.15, 0.2) is 0 Å². The Labute approximate surface area is 125 Å². The second-order valence-electron chi connectivity index (χ2n) is 4.92. The minimum absolute atomic E-state index is 0.276. The highest BCUT2D eigenvalue weighted by Gasteiger charge is 2.08. The minimum atomic E-state index is 0.276. The average Bonchev–Trinajstić information content (AvgIpc) is 2.46. The Morgan fingerprint density at radius 3 is 2.60 bits per heavy atom. The number of rotatable bonds is 5. The third kappa shape index (κ3) is 3.53. The monoisotopic (exact) mass is 289 g/mol. The van der Waals surface area contributed by atoms with Gasteiger partial charge in [-0.1, -0.05) is 41.9 Å². The van der Waals surface area contributed by atoms with Crippen molar-refractivity contribution in [3.63, 3.8) is 0 Å². The summed E-state index contributed by atoms with van der Waals surface area (Å²) >= 11 is 6.28. The van der Waals surface area contributed by atoms with Gasteiger partial charge in [-0.05, 0) is 49.7 Å². The van der Waals surface area contributed by atoms with E-state index in [0.29, 0.717) is 11.6 Å². The van der Waals surface area contributed by atoms with Crippen LogP contribution in [-0.4, -0.2) is 7.05 Å². The van der Waals surface area contributed by atoms with Gasteiger partial charge in [-0.25, -0.2) is 0 Å². The van der Waals surface area contributed by atoms with Crippen molar-refractivity contribution in [1.29, 1.82) is 0 Å². The fraction of sp³-hybridized carbons (Fsp3) is 0.294. The van der Waals surface area contributed by atoms with Crippen LogP contribution < -0.4 is 10.1 Å². The van der Waals surface area contributed by atoms with Crippen LogP contribution in [0.3, 0.4) is 0 Å². The number of benzene rings is 2. The standard InChI is InChI=1S/C17H20ClNO/c1-12-6-4-5-7-15(12)11-20-17-9-8-14(10-16(17)18)13(2)19-3/h4-10,13,19H,11H2,1-3H3. The lowest BCUT2D eigenvalue weighted by molar-refractivity contribution is 0.305.